The minimum Gasteiger partial charge on any atom is -0.388 e. The van der Waals surface area contributed by atoms with E-state index < -0.39 is 23.7 Å². The molecule has 1 nitrogen and oxygen atoms in total. The Morgan fingerprint density at radius 1 is 0.900 bits per heavy atom. The summed E-state index contributed by atoms with van der Waals surface area (Å²) in [5.41, 5.74) is 0.374. The summed E-state index contributed by atoms with van der Waals surface area (Å²) < 4.78 is 49.9. The third kappa shape index (κ3) is 3.57. The highest BCUT2D eigenvalue weighted by atomic mass is 19.4. The molecular formula is C15H12F4O. The van der Waals surface area contributed by atoms with Crippen molar-refractivity contribution in [3.8, 4) is 0 Å². The zero-order chi connectivity index (χ0) is 14.8. The minimum absolute atomic E-state index is 0.170. The van der Waals surface area contributed by atoms with Crippen molar-refractivity contribution in [1.82, 2.24) is 0 Å². The van der Waals surface area contributed by atoms with Gasteiger partial charge in [0.25, 0.3) is 0 Å². The first-order valence-corrected chi connectivity index (χ1v) is 5.96. The average Bonchev–Trinajstić information content (AvgIpc) is 2.39. The second kappa shape index (κ2) is 5.63. The van der Waals surface area contributed by atoms with Crippen LogP contribution in [0.4, 0.5) is 17.6 Å². The van der Waals surface area contributed by atoms with Gasteiger partial charge in [0.15, 0.2) is 0 Å². The number of hydrogen-bond donors (Lipinski definition) is 1. The van der Waals surface area contributed by atoms with E-state index in [0.29, 0.717) is 11.1 Å². The minimum atomic E-state index is -4.37. The van der Waals surface area contributed by atoms with Crippen LogP contribution in [0.3, 0.4) is 0 Å². The molecule has 1 unspecified atom stereocenters. The predicted molar refractivity (Wildman–Crippen MR) is 66.5 cm³/mol. The highest BCUT2D eigenvalue weighted by Gasteiger charge is 2.29. The van der Waals surface area contributed by atoms with Crippen LogP contribution in [-0.2, 0) is 12.6 Å². The van der Waals surface area contributed by atoms with Crippen LogP contribution >= 0.6 is 0 Å². The summed E-state index contributed by atoms with van der Waals surface area (Å²) in [5.74, 6) is -0.407. The van der Waals surface area contributed by atoms with Gasteiger partial charge in [-0.2, -0.15) is 13.2 Å². The normalized spacial score (nSPS) is 13.2. The number of benzene rings is 2. The van der Waals surface area contributed by atoms with Gasteiger partial charge < -0.3 is 5.11 Å². The van der Waals surface area contributed by atoms with Gasteiger partial charge in [-0.25, -0.2) is 4.39 Å². The van der Waals surface area contributed by atoms with Gasteiger partial charge >= 0.3 is 6.18 Å². The molecule has 0 spiro atoms. The van der Waals surface area contributed by atoms with E-state index in [2.05, 4.69) is 0 Å². The Morgan fingerprint density at radius 2 is 1.45 bits per heavy atom. The molecule has 2 rings (SSSR count). The first-order chi connectivity index (χ1) is 9.36. The van der Waals surface area contributed by atoms with Crippen molar-refractivity contribution in [2.45, 2.75) is 18.7 Å². The Morgan fingerprint density at radius 3 is 1.95 bits per heavy atom. The molecule has 0 radical (unpaired) electrons. The van der Waals surface area contributed by atoms with Crippen molar-refractivity contribution in [2.75, 3.05) is 0 Å². The molecule has 0 saturated heterocycles. The summed E-state index contributed by atoms with van der Waals surface area (Å²) in [6.07, 6.45) is -5.08. The molecule has 0 heterocycles. The first-order valence-electron chi connectivity index (χ1n) is 5.96. The van der Waals surface area contributed by atoms with Crippen molar-refractivity contribution >= 4 is 0 Å². The number of alkyl halides is 3. The van der Waals surface area contributed by atoms with Gasteiger partial charge in [-0.15, -0.1) is 0 Å². The molecule has 2 aromatic rings. The fourth-order valence-corrected chi connectivity index (χ4v) is 1.86. The molecule has 106 valence electrons. The molecule has 20 heavy (non-hydrogen) atoms. The molecule has 0 saturated carbocycles. The molecule has 0 fully saturated rings. The van der Waals surface area contributed by atoms with Gasteiger partial charge in [0.1, 0.15) is 5.82 Å². The van der Waals surface area contributed by atoms with Crippen LogP contribution in [0, 0.1) is 5.82 Å². The van der Waals surface area contributed by atoms with Crippen LogP contribution in [0.5, 0.6) is 0 Å². The van der Waals surface area contributed by atoms with Crippen LogP contribution in [-0.4, -0.2) is 5.11 Å². The number of aliphatic hydroxyl groups is 1. The van der Waals surface area contributed by atoms with Gasteiger partial charge in [0, 0.05) is 6.42 Å². The molecule has 0 aliphatic rings. The van der Waals surface area contributed by atoms with E-state index in [0.717, 1.165) is 12.1 Å². The highest BCUT2D eigenvalue weighted by Crippen LogP contribution is 2.29. The summed E-state index contributed by atoms with van der Waals surface area (Å²) in [6.45, 7) is 0. The summed E-state index contributed by atoms with van der Waals surface area (Å²) in [6, 6.07) is 9.97. The fraction of sp³-hybridized carbons (Fsp3) is 0.200. The molecule has 1 atom stereocenters. The molecule has 0 bridgehead atoms. The third-order valence-corrected chi connectivity index (χ3v) is 2.97. The maximum Gasteiger partial charge on any atom is 0.416 e. The zero-order valence-corrected chi connectivity index (χ0v) is 10.4. The molecular weight excluding hydrogens is 272 g/mol. The summed E-state index contributed by atoms with van der Waals surface area (Å²) >= 11 is 0. The fourth-order valence-electron chi connectivity index (χ4n) is 1.86. The van der Waals surface area contributed by atoms with E-state index in [1.54, 1.807) is 0 Å². The lowest BCUT2D eigenvalue weighted by Crippen LogP contribution is -2.06. The van der Waals surface area contributed by atoms with Gasteiger partial charge in [-0.3, -0.25) is 0 Å². The monoisotopic (exact) mass is 284 g/mol. The van der Waals surface area contributed by atoms with Gasteiger partial charge in [-0.1, -0.05) is 24.3 Å². The number of halogens is 4. The van der Waals surface area contributed by atoms with Gasteiger partial charge in [-0.05, 0) is 35.4 Å². The Hall–Kier alpha value is -1.88. The van der Waals surface area contributed by atoms with Crippen molar-refractivity contribution in [1.29, 1.82) is 0 Å². The number of hydrogen-bond acceptors (Lipinski definition) is 1. The van der Waals surface area contributed by atoms with E-state index in [9.17, 15) is 22.7 Å². The molecule has 1 N–H and O–H groups in total. The zero-order valence-electron chi connectivity index (χ0n) is 10.4. The highest BCUT2D eigenvalue weighted by molar-refractivity contribution is 5.27. The van der Waals surface area contributed by atoms with Gasteiger partial charge in [0.05, 0.1) is 11.7 Å². The SMILES string of the molecule is OC(Cc1ccc(C(F)(F)F)cc1)c1ccc(F)cc1. The van der Waals surface area contributed by atoms with Crippen LogP contribution in [0.2, 0.25) is 0 Å². The van der Waals surface area contributed by atoms with E-state index in [-0.39, 0.29) is 6.42 Å². The summed E-state index contributed by atoms with van der Waals surface area (Å²) in [5, 5.41) is 9.95. The summed E-state index contributed by atoms with van der Waals surface area (Å²) in [4.78, 5) is 0. The Kier molecular flexibility index (Phi) is 4.09. The van der Waals surface area contributed by atoms with Gasteiger partial charge in [0.2, 0.25) is 0 Å². The van der Waals surface area contributed by atoms with E-state index >= 15 is 0 Å². The molecule has 0 amide bonds. The first kappa shape index (κ1) is 14.5. The summed E-state index contributed by atoms with van der Waals surface area (Å²) in [7, 11) is 0. The van der Waals surface area contributed by atoms with Crippen LogP contribution in [0.15, 0.2) is 48.5 Å². The third-order valence-electron chi connectivity index (χ3n) is 2.97. The van der Waals surface area contributed by atoms with Crippen LogP contribution in [0.25, 0.3) is 0 Å². The molecule has 0 aliphatic carbocycles. The quantitative estimate of drug-likeness (QED) is 0.841. The smallest absolute Gasteiger partial charge is 0.388 e. The molecule has 2 aromatic carbocycles. The Balaban J connectivity index is 2.08. The van der Waals surface area contributed by atoms with Crippen molar-refractivity contribution in [3.05, 3.63) is 71.0 Å². The van der Waals surface area contributed by atoms with Crippen LogP contribution < -0.4 is 0 Å². The lowest BCUT2D eigenvalue weighted by atomic mass is 10.0. The Bertz CT molecular complexity index is 558. The number of aliphatic hydroxyl groups excluding tert-OH is 1. The Labute approximate surface area is 113 Å². The second-order valence-electron chi connectivity index (χ2n) is 4.47. The molecule has 5 heteroatoms. The maximum atomic E-state index is 12.7. The second-order valence-corrected chi connectivity index (χ2v) is 4.47. The van der Waals surface area contributed by atoms with Crippen molar-refractivity contribution < 1.29 is 22.7 Å². The van der Waals surface area contributed by atoms with Crippen molar-refractivity contribution in [2.24, 2.45) is 0 Å². The number of rotatable bonds is 3. The standard InChI is InChI=1S/C15H12F4O/c16-13-7-3-11(4-8-13)14(20)9-10-1-5-12(6-2-10)15(17,18)19/h1-8,14,20H,9H2. The van der Waals surface area contributed by atoms with Crippen molar-refractivity contribution in [3.63, 3.8) is 0 Å². The molecule has 0 aliphatic heterocycles. The maximum absolute atomic E-state index is 12.7. The predicted octanol–water partition coefficient (Wildman–Crippen LogP) is 4.12. The molecule has 0 aromatic heterocycles. The van der Waals surface area contributed by atoms with E-state index in [1.165, 1.54) is 36.4 Å². The van der Waals surface area contributed by atoms with E-state index in [4.69, 9.17) is 0 Å². The van der Waals surface area contributed by atoms with E-state index in [1.807, 2.05) is 0 Å². The largest absolute Gasteiger partial charge is 0.416 e. The van der Waals surface area contributed by atoms with Crippen LogP contribution in [0.1, 0.15) is 22.8 Å². The average molecular weight is 284 g/mol. The topological polar surface area (TPSA) is 20.2 Å². The lowest BCUT2D eigenvalue weighted by molar-refractivity contribution is -0.137. The lowest BCUT2D eigenvalue weighted by Gasteiger charge is -2.12.